The molecule has 1 aliphatic heterocycles. The fourth-order valence-corrected chi connectivity index (χ4v) is 5.03. The second-order valence-corrected chi connectivity index (χ2v) is 9.84. The van der Waals surface area contributed by atoms with Crippen LogP contribution >= 0.6 is 11.3 Å². The molecule has 7 nitrogen and oxygen atoms in total. The summed E-state index contributed by atoms with van der Waals surface area (Å²) in [5, 5.41) is 3.30. The third-order valence-corrected chi connectivity index (χ3v) is 7.36. The van der Waals surface area contributed by atoms with Gasteiger partial charge >= 0.3 is 0 Å². The maximum atomic E-state index is 12.2. The predicted molar refractivity (Wildman–Crippen MR) is 102 cm³/mol. The molecule has 142 valence electrons. The Balaban J connectivity index is 2.04. The summed E-state index contributed by atoms with van der Waals surface area (Å²) in [6.07, 6.45) is 1.08. The fourth-order valence-electron chi connectivity index (χ4n) is 2.59. The first-order chi connectivity index (χ1) is 11.8. The molecule has 1 N–H and O–H groups in total. The minimum absolute atomic E-state index is 0.351. The van der Waals surface area contributed by atoms with Crippen molar-refractivity contribution in [3.63, 3.8) is 0 Å². The maximum Gasteiger partial charge on any atom is 0.252 e. The van der Waals surface area contributed by atoms with E-state index in [-0.39, 0.29) is 0 Å². The van der Waals surface area contributed by atoms with Gasteiger partial charge in [0.05, 0.1) is 13.2 Å². The molecule has 1 unspecified atom stereocenters. The molecule has 0 bridgehead atoms. The van der Waals surface area contributed by atoms with Gasteiger partial charge in [0.2, 0.25) is 0 Å². The van der Waals surface area contributed by atoms with Crippen LogP contribution in [0, 0.1) is 5.92 Å². The number of aliphatic imine (C=N–C) groups is 1. The Bertz CT molecular complexity index is 679. The third kappa shape index (κ3) is 5.40. The van der Waals surface area contributed by atoms with E-state index in [0.717, 1.165) is 43.6 Å². The summed E-state index contributed by atoms with van der Waals surface area (Å²) < 4.78 is 31.3. The molecule has 25 heavy (non-hydrogen) atoms. The number of guanidine groups is 1. The number of thiophene rings is 1. The van der Waals surface area contributed by atoms with Crippen LogP contribution in [0.3, 0.4) is 0 Å². The molecule has 1 aliphatic rings. The molecule has 1 saturated heterocycles. The molecule has 0 saturated carbocycles. The molecule has 0 spiro atoms. The van der Waals surface area contributed by atoms with Crippen molar-refractivity contribution in [2.24, 2.45) is 10.9 Å². The standard InChI is InChI=1S/C16H28N4O3S2/c1-5-17-16(20(4)11-13-8-9-23-12-13)18-10-14-6-7-15(24-14)25(21,22)19(2)3/h6-7,13H,5,8-12H2,1-4H3,(H,17,18). The second kappa shape index (κ2) is 8.98. The van der Waals surface area contributed by atoms with Crippen molar-refractivity contribution >= 4 is 27.3 Å². The van der Waals surface area contributed by atoms with Gasteiger partial charge in [0.25, 0.3) is 10.0 Å². The van der Waals surface area contributed by atoms with E-state index in [0.29, 0.717) is 16.7 Å². The number of hydrogen-bond acceptors (Lipinski definition) is 5. The summed E-state index contributed by atoms with van der Waals surface area (Å²) >= 11 is 1.27. The van der Waals surface area contributed by atoms with Gasteiger partial charge in [-0.2, -0.15) is 0 Å². The van der Waals surface area contributed by atoms with Gasteiger partial charge in [0, 0.05) is 51.6 Å². The van der Waals surface area contributed by atoms with Crippen molar-refractivity contribution in [1.82, 2.24) is 14.5 Å². The summed E-state index contributed by atoms with van der Waals surface area (Å²) in [6.45, 7) is 5.83. The molecule has 9 heteroatoms. The van der Waals surface area contributed by atoms with Gasteiger partial charge in [-0.25, -0.2) is 17.7 Å². The topological polar surface area (TPSA) is 74.2 Å². The number of sulfonamides is 1. The van der Waals surface area contributed by atoms with Crippen LogP contribution in [0.1, 0.15) is 18.2 Å². The second-order valence-electron chi connectivity index (χ2n) is 6.29. The molecule has 1 atom stereocenters. The van der Waals surface area contributed by atoms with Crippen molar-refractivity contribution in [1.29, 1.82) is 0 Å². The monoisotopic (exact) mass is 388 g/mol. The highest BCUT2D eigenvalue weighted by Gasteiger charge is 2.20. The van der Waals surface area contributed by atoms with Crippen LogP contribution in [0.5, 0.6) is 0 Å². The molecule has 1 aromatic rings. The zero-order chi connectivity index (χ0) is 18.4. The smallest absolute Gasteiger partial charge is 0.252 e. The first-order valence-corrected chi connectivity index (χ1v) is 10.7. The van der Waals surface area contributed by atoms with E-state index >= 15 is 0 Å². The van der Waals surface area contributed by atoms with Crippen LogP contribution in [0.2, 0.25) is 0 Å². The Morgan fingerprint density at radius 2 is 2.16 bits per heavy atom. The molecule has 2 rings (SSSR count). The Kier molecular flexibility index (Phi) is 7.24. The highest BCUT2D eigenvalue weighted by molar-refractivity contribution is 7.91. The predicted octanol–water partition coefficient (Wildman–Crippen LogP) is 1.43. The van der Waals surface area contributed by atoms with E-state index in [2.05, 4.69) is 15.2 Å². The number of hydrogen-bond donors (Lipinski definition) is 1. The van der Waals surface area contributed by atoms with Gasteiger partial charge in [-0.1, -0.05) is 0 Å². The SMILES string of the molecule is CCNC(=NCc1ccc(S(=O)(=O)N(C)C)s1)N(C)CC1CCOC1. The molecular formula is C16H28N4O3S2. The van der Waals surface area contributed by atoms with E-state index < -0.39 is 10.0 Å². The van der Waals surface area contributed by atoms with Gasteiger partial charge in [-0.05, 0) is 25.5 Å². The summed E-state index contributed by atoms with van der Waals surface area (Å²) in [7, 11) is 1.73. The van der Waals surface area contributed by atoms with Crippen LogP contribution in [0.25, 0.3) is 0 Å². The van der Waals surface area contributed by atoms with Crippen LogP contribution < -0.4 is 5.32 Å². The number of ether oxygens (including phenoxy) is 1. The minimum atomic E-state index is -3.37. The fraction of sp³-hybridized carbons (Fsp3) is 0.688. The van der Waals surface area contributed by atoms with E-state index in [4.69, 9.17) is 4.74 Å². The minimum Gasteiger partial charge on any atom is -0.381 e. The van der Waals surface area contributed by atoms with Gasteiger partial charge in [-0.15, -0.1) is 11.3 Å². The highest BCUT2D eigenvalue weighted by Crippen LogP contribution is 2.24. The van der Waals surface area contributed by atoms with Gasteiger partial charge in [0.15, 0.2) is 5.96 Å². The van der Waals surface area contributed by atoms with Crippen molar-refractivity contribution in [3.05, 3.63) is 17.0 Å². The number of nitrogens with one attached hydrogen (secondary N) is 1. The summed E-state index contributed by atoms with van der Waals surface area (Å²) in [5.41, 5.74) is 0. The lowest BCUT2D eigenvalue weighted by molar-refractivity contribution is 0.181. The molecular weight excluding hydrogens is 360 g/mol. The Hall–Kier alpha value is -1.16. The van der Waals surface area contributed by atoms with E-state index in [1.807, 2.05) is 20.0 Å². The van der Waals surface area contributed by atoms with Gasteiger partial charge < -0.3 is 15.0 Å². The number of nitrogens with zero attached hydrogens (tertiary/aromatic N) is 3. The summed E-state index contributed by atoms with van der Waals surface area (Å²) in [5.74, 6) is 1.37. The lowest BCUT2D eigenvalue weighted by Crippen LogP contribution is -2.41. The van der Waals surface area contributed by atoms with Crippen LogP contribution in [0.4, 0.5) is 0 Å². The van der Waals surface area contributed by atoms with Gasteiger partial charge in [-0.3, -0.25) is 0 Å². The lowest BCUT2D eigenvalue weighted by Gasteiger charge is -2.24. The van der Waals surface area contributed by atoms with Crippen LogP contribution in [0.15, 0.2) is 21.3 Å². The maximum absolute atomic E-state index is 12.2. The third-order valence-electron chi connectivity index (χ3n) is 4.01. The van der Waals surface area contributed by atoms with E-state index in [1.165, 1.54) is 29.7 Å². The quantitative estimate of drug-likeness (QED) is 0.565. The molecule has 0 radical (unpaired) electrons. The Morgan fingerprint density at radius 3 is 2.76 bits per heavy atom. The van der Waals surface area contributed by atoms with Crippen molar-refractivity contribution in [3.8, 4) is 0 Å². The lowest BCUT2D eigenvalue weighted by atomic mass is 10.1. The van der Waals surface area contributed by atoms with Crippen molar-refractivity contribution in [2.75, 3.05) is 47.4 Å². The highest BCUT2D eigenvalue weighted by atomic mass is 32.2. The van der Waals surface area contributed by atoms with Crippen LogP contribution in [-0.4, -0.2) is 71.0 Å². The van der Waals surface area contributed by atoms with E-state index in [1.54, 1.807) is 6.07 Å². The normalized spacial score (nSPS) is 18.8. The average molecular weight is 389 g/mol. The first-order valence-electron chi connectivity index (χ1n) is 8.43. The molecule has 0 aromatic carbocycles. The largest absolute Gasteiger partial charge is 0.381 e. The summed E-state index contributed by atoms with van der Waals surface area (Å²) in [4.78, 5) is 7.70. The molecule has 1 fully saturated rings. The zero-order valence-electron chi connectivity index (χ0n) is 15.4. The molecule has 1 aromatic heterocycles. The summed E-state index contributed by atoms with van der Waals surface area (Å²) in [6, 6.07) is 3.48. The van der Waals surface area contributed by atoms with Crippen molar-refractivity contribution in [2.45, 2.75) is 24.1 Å². The molecule has 0 amide bonds. The van der Waals surface area contributed by atoms with E-state index in [9.17, 15) is 8.42 Å². The average Bonchev–Trinajstić information content (AvgIpc) is 3.22. The Morgan fingerprint density at radius 1 is 1.40 bits per heavy atom. The molecule has 0 aliphatic carbocycles. The van der Waals surface area contributed by atoms with Crippen molar-refractivity contribution < 1.29 is 13.2 Å². The van der Waals surface area contributed by atoms with Gasteiger partial charge in [0.1, 0.15) is 4.21 Å². The Labute approximate surface area is 154 Å². The zero-order valence-corrected chi connectivity index (χ0v) is 17.0. The van der Waals surface area contributed by atoms with Crippen LogP contribution in [-0.2, 0) is 21.3 Å². The number of rotatable bonds is 7. The molecule has 2 heterocycles. The first kappa shape index (κ1) is 20.2.